The molecule has 0 bridgehead atoms. The number of anilines is 1. The molecular formula is C23H20Cl2N4O. The molecule has 2 aromatic carbocycles. The van der Waals surface area contributed by atoms with E-state index in [0.717, 1.165) is 23.2 Å². The van der Waals surface area contributed by atoms with Crippen LogP contribution in [0.3, 0.4) is 0 Å². The molecule has 5 nitrogen and oxygen atoms in total. The number of carbonyl (C=O) groups excluding carboxylic acids is 1. The molecule has 30 heavy (non-hydrogen) atoms. The summed E-state index contributed by atoms with van der Waals surface area (Å²) >= 11 is 12.7. The summed E-state index contributed by atoms with van der Waals surface area (Å²) < 4.78 is 1.77. The minimum atomic E-state index is -0.449. The molecule has 0 unspecified atom stereocenters. The van der Waals surface area contributed by atoms with Crippen molar-refractivity contribution in [1.82, 2.24) is 14.8 Å². The van der Waals surface area contributed by atoms with Gasteiger partial charge in [0.25, 0.3) is 0 Å². The number of nitrogens with one attached hydrogen (secondary N) is 1. The number of aromatic nitrogens is 3. The van der Waals surface area contributed by atoms with Crippen LogP contribution in [0, 0.1) is 5.41 Å². The minimum Gasteiger partial charge on any atom is -0.328 e. The summed E-state index contributed by atoms with van der Waals surface area (Å²) in [5.74, 6) is 1.31. The van der Waals surface area contributed by atoms with Crippen LogP contribution in [0.5, 0.6) is 0 Å². The van der Waals surface area contributed by atoms with Gasteiger partial charge in [-0.15, -0.1) is 5.10 Å². The Labute approximate surface area is 184 Å². The van der Waals surface area contributed by atoms with Crippen molar-refractivity contribution in [2.75, 3.05) is 5.32 Å². The zero-order valence-electron chi connectivity index (χ0n) is 16.6. The number of carbonyl (C=O) groups is 1. The summed E-state index contributed by atoms with van der Waals surface area (Å²) in [5.41, 5.74) is 3.17. The largest absolute Gasteiger partial charge is 0.328 e. The Kier molecular flexibility index (Phi) is 4.49. The SMILES string of the molecule is CC1(C)CC(=O)C2=C(C1)Nc1nc(-c3ccccc3)nn1[C@H]2c1ccc(Cl)cc1Cl. The number of ketones is 1. The average Bonchev–Trinajstić information content (AvgIpc) is 3.10. The molecule has 3 aromatic rings. The van der Waals surface area contributed by atoms with Gasteiger partial charge in [0.2, 0.25) is 5.95 Å². The number of halogens is 2. The van der Waals surface area contributed by atoms with E-state index in [4.69, 9.17) is 33.3 Å². The van der Waals surface area contributed by atoms with E-state index in [1.807, 2.05) is 36.4 Å². The lowest BCUT2D eigenvalue weighted by Crippen LogP contribution is -2.36. The van der Waals surface area contributed by atoms with Crippen LogP contribution in [0.15, 0.2) is 59.8 Å². The van der Waals surface area contributed by atoms with Crippen molar-refractivity contribution in [3.63, 3.8) is 0 Å². The van der Waals surface area contributed by atoms with E-state index in [2.05, 4.69) is 19.2 Å². The van der Waals surface area contributed by atoms with Gasteiger partial charge in [-0.2, -0.15) is 4.98 Å². The lowest BCUT2D eigenvalue weighted by Gasteiger charge is -2.38. The van der Waals surface area contributed by atoms with E-state index in [0.29, 0.717) is 33.8 Å². The Hall–Kier alpha value is -2.63. The molecule has 152 valence electrons. The van der Waals surface area contributed by atoms with Gasteiger partial charge in [0, 0.05) is 38.9 Å². The third-order valence-corrected chi connectivity index (χ3v) is 6.18. The van der Waals surface area contributed by atoms with Crippen molar-refractivity contribution >= 4 is 34.9 Å². The quantitative estimate of drug-likeness (QED) is 0.539. The second kappa shape index (κ2) is 6.96. The highest BCUT2D eigenvalue weighted by molar-refractivity contribution is 6.35. The molecule has 2 heterocycles. The molecule has 1 N–H and O–H groups in total. The fourth-order valence-electron chi connectivity index (χ4n) is 4.33. The molecule has 7 heteroatoms. The zero-order valence-corrected chi connectivity index (χ0v) is 18.1. The number of allylic oxidation sites excluding steroid dienone is 2. The number of Topliss-reactive ketones (excluding diaryl/α,β-unsaturated/α-hetero) is 1. The molecule has 0 fully saturated rings. The van der Waals surface area contributed by atoms with Crippen molar-refractivity contribution in [2.24, 2.45) is 5.41 Å². The maximum absolute atomic E-state index is 13.3. The molecule has 0 radical (unpaired) electrons. The molecule has 5 rings (SSSR count). The Bertz CT molecular complexity index is 1200. The Morgan fingerprint density at radius 3 is 2.60 bits per heavy atom. The van der Waals surface area contributed by atoms with Gasteiger partial charge in [0.05, 0.1) is 0 Å². The number of benzene rings is 2. The van der Waals surface area contributed by atoms with Gasteiger partial charge in [-0.05, 0) is 24.0 Å². The van der Waals surface area contributed by atoms with E-state index in [-0.39, 0.29) is 11.2 Å². The lowest BCUT2D eigenvalue weighted by atomic mass is 9.73. The fourth-order valence-corrected chi connectivity index (χ4v) is 4.84. The molecule has 1 aliphatic carbocycles. The first-order valence-electron chi connectivity index (χ1n) is 9.82. The highest BCUT2D eigenvalue weighted by Crippen LogP contribution is 2.47. The van der Waals surface area contributed by atoms with E-state index in [1.165, 1.54) is 0 Å². The van der Waals surface area contributed by atoms with Crippen molar-refractivity contribution < 1.29 is 4.79 Å². The predicted octanol–water partition coefficient (Wildman–Crippen LogP) is 5.91. The summed E-state index contributed by atoms with van der Waals surface area (Å²) in [6, 6.07) is 14.7. The van der Waals surface area contributed by atoms with Crippen molar-refractivity contribution in [3.8, 4) is 11.4 Å². The van der Waals surface area contributed by atoms with Gasteiger partial charge >= 0.3 is 0 Å². The summed E-state index contributed by atoms with van der Waals surface area (Å²) in [5, 5.41) is 9.20. The minimum absolute atomic E-state index is 0.104. The number of fused-ring (bicyclic) bond motifs is 1. The van der Waals surface area contributed by atoms with Crippen molar-refractivity contribution in [3.05, 3.63) is 75.4 Å². The number of nitrogens with zero attached hydrogens (tertiary/aromatic N) is 3. The molecule has 1 atom stereocenters. The van der Waals surface area contributed by atoms with Crippen LogP contribution in [0.25, 0.3) is 11.4 Å². The molecule has 0 amide bonds. The number of hydrogen-bond donors (Lipinski definition) is 1. The smallest absolute Gasteiger partial charge is 0.226 e. The highest BCUT2D eigenvalue weighted by atomic mass is 35.5. The van der Waals surface area contributed by atoms with Crippen LogP contribution in [-0.4, -0.2) is 20.5 Å². The lowest BCUT2D eigenvalue weighted by molar-refractivity contribution is -0.118. The zero-order chi connectivity index (χ0) is 21.0. The third kappa shape index (κ3) is 3.22. The van der Waals surface area contributed by atoms with Crippen LogP contribution < -0.4 is 5.32 Å². The summed E-state index contributed by atoms with van der Waals surface area (Å²) in [7, 11) is 0. The van der Waals surface area contributed by atoms with Crippen LogP contribution in [-0.2, 0) is 4.79 Å². The van der Waals surface area contributed by atoms with Gasteiger partial charge in [0.15, 0.2) is 11.6 Å². The van der Waals surface area contributed by atoms with E-state index < -0.39 is 6.04 Å². The molecule has 2 aliphatic rings. The highest BCUT2D eigenvalue weighted by Gasteiger charge is 2.42. The van der Waals surface area contributed by atoms with Crippen LogP contribution in [0.2, 0.25) is 10.0 Å². The first-order chi connectivity index (χ1) is 14.3. The molecule has 0 saturated carbocycles. The second-order valence-electron chi connectivity index (χ2n) is 8.60. The normalized spacial score (nSPS) is 19.9. The Morgan fingerprint density at radius 2 is 1.87 bits per heavy atom. The van der Waals surface area contributed by atoms with Gasteiger partial charge in [0.1, 0.15) is 6.04 Å². The van der Waals surface area contributed by atoms with Gasteiger partial charge in [-0.25, -0.2) is 4.68 Å². The summed E-state index contributed by atoms with van der Waals surface area (Å²) in [6.07, 6.45) is 1.23. The fraction of sp³-hybridized carbons (Fsp3) is 0.261. The van der Waals surface area contributed by atoms with E-state index in [1.54, 1.807) is 16.8 Å². The predicted molar refractivity (Wildman–Crippen MR) is 119 cm³/mol. The Balaban J connectivity index is 1.72. The van der Waals surface area contributed by atoms with Crippen molar-refractivity contribution in [2.45, 2.75) is 32.7 Å². The van der Waals surface area contributed by atoms with Crippen LogP contribution >= 0.6 is 23.2 Å². The standard InChI is InChI=1S/C23H20Cl2N4O/c1-23(2)11-17-19(18(30)12-23)20(15-9-8-14(24)10-16(15)25)29-22(26-17)27-21(28-29)13-6-4-3-5-7-13/h3-10,20H,11-12H2,1-2H3,(H,26,27,28)/t20-/m0/s1. The van der Waals surface area contributed by atoms with Gasteiger partial charge in [-0.1, -0.05) is 73.4 Å². The topological polar surface area (TPSA) is 59.8 Å². The summed E-state index contributed by atoms with van der Waals surface area (Å²) in [4.78, 5) is 18.0. The van der Waals surface area contributed by atoms with Crippen LogP contribution in [0.1, 0.15) is 38.3 Å². The maximum Gasteiger partial charge on any atom is 0.226 e. The van der Waals surface area contributed by atoms with Crippen molar-refractivity contribution in [1.29, 1.82) is 0 Å². The molecule has 0 saturated heterocycles. The second-order valence-corrected chi connectivity index (χ2v) is 9.44. The van der Waals surface area contributed by atoms with E-state index in [9.17, 15) is 4.79 Å². The molecular weight excluding hydrogens is 419 g/mol. The third-order valence-electron chi connectivity index (χ3n) is 5.62. The first kappa shape index (κ1) is 19.3. The number of hydrogen-bond acceptors (Lipinski definition) is 4. The maximum atomic E-state index is 13.3. The average molecular weight is 439 g/mol. The summed E-state index contributed by atoms with van der Waals surface area (Å²) in [6.45, 7) is 4.21. The van der Waals surface area contributed by atoms with Gasteiger partial charge in [-0.3, -0.25) is 4.79 Å². The van der Waals surface area contributed by atoms with Crippen LogP contribution in [0.4, 0.5) is 5.95 Å². The van der Waals surface area contributed by atoms with E-state index >= 15 is 0 Å². The first-order valence-corrected chi connectivity index (χ1v) is 10.6. The molecule has 1 aromatic heterocycles. The molecule has 0 spiro atoms. The number of rotatable bonds is 2. The van der Waals surface area contributed by atoms with Gasteiger partial charge < -0.3 is 5.32 Å². The molecule has 1 aliphatic heterocycles. The Morgan fingerprint density at radius 1 is 1.10 bits per heavy atom. The monoisotopic (exact) mass is 438 g/mol.